The zero-order valence-corrected chi connectivity index (χ0v) is 17.2. The van der Waals surface area contributed by atoms with Crippen molar-refractivity contribution in [3.05, 3.63) is 95.0 Å². The Balaban J connectivity index is 1.60. The third kappa shape index (κ3) is 5.72. The highest BCUT2D eigenvalue weighted by Gasteiger charge is 2.11. The first-order valence-corrected chi connectivity index (χ1v) is 9.54. The van der Waals surface area contributed by atoms with E-state index in [0.29, 0.717) is 29.1 Å². The van der Waals surface area contributed by atoms with Gasteiger partial charge in [-0.1, -0.05) is 24.8 Å². The summed E-state index contributed by atoms with van der Waals surface area (Å²) in [4.78, 5) is 31.4. The predicted molar refractivity (Wildman–Crippen MR) is 115 cm³/mol. The van der Waals surface area contributed by atoms with Gasteiger partial charge in [-0.05, 0) is 41.8 Å². The summed E-state index contributed by atoms with van der Waals surface area (Å²) in [6, 6.07) is 9.82. The number of nitrogens with zero attached hydrogens (tertiary/aromatic N) is 2. The van der Waals surface area contributed by atoms with Crippen LogP contribution in [-0.4, -0.2) is 27.0 Å². The lowest BCUT2D eigenvalue weighted by molar-refractivity contribution is -0.115. The van der Waals surface area contributed by atoms with Crippen LogP contribution >= 0.6 is 0 Å². The summed E-state index contributed by atoms with van der Waals surface area (Å²) in [5.74, 6) is -3.20. The van der Waals surface area contributed by atoms with Crippen LogP contribution in [0.25, 0.3) is 5.70 Å². The maximum atomic E-state index is 13.3. The third-order valence-corrected chi connectivity index (χ3v) is 4.62. The molecule has 0 aliphatic heterocycles. The molecule has 9 heteroatoms. The molecule has 0 bridgehead atoms. The summed E-state index contributed by atoms with van der Waals surface area (Å²) in [7, 11) is 0. The molecule has 0 unspecified atom stereocenters. The van der Waals surface area contributed by atoms with Crippen LogP contribution in [0.4, 0.5) is 14.6 Å². The van der Waals surface area contributed by atoms with E-state index in [1.54, 1.807) is 25.1 Å². The fourth-order valence-corrected chi connectivity index (χ4v) is 2.99. The number of benzene rings is 2. The second-order valence-corrected chi connectivity index (χ2v) is 7.05. The summed E-state index contributed by atoms with van der Waals surface area (Å²) in [5, 5.41) is 14.8. The standard InChI is InChI=1S/C23H20F2N4O3/c1-13-7-16(3-5-17(13)23(31)32)11-26-14(2)20-10-21(28-12-27-20)29-22(30)9-15-4-6-18(24)19(25)8-15/h3-8,10,12,26H,2,9,11H2,1H3,(H,31,32)(H,27,28,29,30). The summed E-state index contributed by atoms with van der Waals surface area (Å²) in [5.41, 5.74) is 3.00. The molecule has 0 spiro atoms. The van der Waals surface area contributed by atoms with Crippen LogP contribution in [0, 0.1) is 18.6 Å². The van der Waals surface area contributed by atoms with Crippen LogP contribution in [0.3, 0.4) is 0 Å². The number of aromatic nitrogens is 2. The fraction of sp³-hybridized carbons (Fsp3) is 0.130. The van der Waals surface area contributed by atoms with Gasteiger partial charge in [-0.3, -0.25) is 4.79 Å². The first-order chi connectivity index (χ1) is 15.2. The van der Waals surface area contributed by atoms with Crippen molar-refractivity contribution in [1.29, 1.82) is 0 Å². The summed E-state index contributed by atoms with van der Waals surface area (Å²) in [6.45, 7) is 6.04. The molecule has 3 N–H and O–H groups in total. The number of hydrogen-bond donors (Lipinski definition) is 3. The second-order valence-electron chi connectivity index (χ2n) is 7.05. The molecule has 0 saturated carbocycles. The summed E-state index contributed by atoms with van der Waals surface area (Å²) < 4.78 is 26.3. The van der Waals surface area contributed by atoms with Crippen molar-refractivity contribution >= 4 is 23.4 Å². The molecule has 7 nitrogen and oxygen atoms in total. The van der Waals surface area contributed by atoms with E-state index in [-0.39, 0.29) is 17.8 Å². The molecule has 1 aromatic heterocycles. The minimum atomic E-state index is -1.02. The molecule has 0 aliphatic rings. The summed E-state index contributed by atoms with van der Waals surface area (Å²) in [6.07, 6.45) is 1.11. The number of halogens is 2. The highest BCUT2D eigenvalue weighted by molar-refractivity contribution is 5.91. The molecule has 32 heavy (non-hydrogen) atoms. The van der Waals surface area contributed by atoms with Crippen LogP contribution < -0.4 is 10.6 Å². The highest BCUT2D eigenvalue weighted by Crippen LogP contribution is 2.15. The van der Waals surface area contributed by atoms with Gasteiger partial charge in [0.25, 0.3) is 0 Å². The Bertz CT molecular complexity index is 1200. The molecule has 0 saturated heterocycles. The van der Waals surface area contributed by atoms with Crippen molar-refractivity contribution in [2.45, 2.75) is 19.9 Å². The first-order valence-electron chi connectivity index (χ1n) is 9.54. The molecule has 1 amide bonds. The smallest absolute Gasteiger partial charge is 0.335 e. The van der Waals surface area contributed by atoms with E-state index in [2.05, 4.69) is 27.2 Å². The molecular weight excluding hydrogens is 418 g/mol. The molecule has 164 valence electrons. The number of carboxylic acid groups (broad SMARTS) is 1. The van der Waals surface area contributed by atoms with Gasteiger partial charge in [0.2, 0.25) is 5.91 Å². The molecule has 0 aliphatic carbocycles. The van der Waals surface area contributed by atoms with E-state index >= 15 is 0 Å². The number of carbonyl (C=O) groups excluding carboxylic acids is 1. The monoisotopic (exact) mass is 438 g/mol. The van der Waals surface area contributed by atoms with Gasteiger partial charge in [0.1, 0.15) is 12.1 Å². The fourth-order valence-electron chi connectivity index (χ4n) is 2.99. The van der Waals surface area contributed by atoms with Crippen LogP contribution in [0.15, 0.2) is 55.4 Å². The van der Waals surface area contributed by atoms with E-state index in [1.165, 1.54) is 18.5 Å². The van der Waals surface area contributed by atoms with Gasteiger partial charge in [0, 0.05) is 12.6 Å². The molecule has 0 atom stereocenters. The SMILES string of the molecule is C=C(NCc1ccc(C(=O)O)c(C)c1)c1cc(NC(=O)Cc2ccc(F)c(F)c2)ncn1. The number of hydrogen-bond acceptors (Lipinski definition) is 5. The van der Waals surface area contributed by atoms with Gasteiger partial charge < -0.3 is 15.7 Å². The van der Waals surface area contributed by atoms with Crippen LogP contribution in [0.2, 0.25) is 0 Å². The van der Waals surface area contributed by atoms with Crippen molar-refractivity contribution in [3.63, 3.8) is 0 Å². The molecular formula is C23H20F2N4O3. The number of amides is 1. The van der Waals surface area contributed by atoms with E-state index in [9.17, 15) is 18.4 Å². The Kier molecular flexibility index (Phi) is 6.89. The van der Waals surface area contributed by atoms with Crippen LogP contribution in [0.1, 0.15) is 32.7 Å². The van der Waals surface area contributed by atoms with Crippen molar-refractivity contribution < 1.29 is 23.5 Å². The van der Waals surface area contributed by atoms with E-state index < -0.39 is 23.5 Å². The van der Waals surface area contributed by atoms with Crippen molar-refractivity contribution in [2.24, 2.45) is 0 Å². The molecule has 3 rings (SSSR count). The third-order valence-electron chi connectivity index (χ3n) is 4.62. The Morgan fingerprint density at radius 3 is 2.47 bits per heavy atom. The topological polar surface area (TPSA) is 104 Å². The van der Waals surface area contributed by atoms with Crippen LogP contribution in [-0.2, 0) is 17.8 Å². The molecule has 2 aromatic carbocycles. The maximum Gasteiger partial charge on any atom is 0.335 e. The lowest BCUT2D eigenvalue weighted by Crippen LogP contribution is -2.17. The van der Waals surface area contributed by atoms with Crippen molar-refractivity contribution in [1.82, 2.24) is 15.3 Å². The van der Waals surface area contributed by atoms with E-state index in [1.807, 2.05) is 0 Å². The van der Waals surface area contributed by atoms with Gasteiger partial charge in [-0.15, -0.1) is 0 Å². The quantitative estimate of drug-likeness (QED) is 0.495. The van der Waals surface area contributed by atoms with Gasteiger partial charge in [-0.25, -0.2) is 23.5 Å². The zero-order chi connectivity index (χ0) is 23.3. The number of anilines is 1. The Morgan fingerprint density at radius 2 is 1.78 bits per heavy atom. The molecule has 1 heterocycles. The van der Waals surface area contributed by atoms with E-state index in [4.69, 9.17) is 5.11 Å². The molecule has 0 fully saturated rings. The number of rotatable bonds is 8. The average molecular weight is 438 g/mol. The highest BCUT2D eigenvalue weighted by atomic mass is 19.2. The number of nitrogens with one attached hydrogen (secondary N) is 2. The minimum Gasteiger partial charge on any atom is -0.478 e. The Labute approximate surface area is 182 Å². The van der Waals surface area contributed by atoms with Gasteiger partial charge >= 0.3 is 5.97 Å². The first kappa shape index (κ1) is 22.5. The zero-order valence-electron chi connectivity index (χ0n) is 17.2. The second kappa shape index (κ2) is 9.78. The Morgan fingerprint density at radius 1 is 1.03 bits per heavy atom. The van der Waals surface area contributed by atoms with Crippen LogP contribution in [0.5, 0.6) is 0 Å². The normalized spacial score (nSPS) is 10.5. The maximum absolute atomic E-state index is 13.3. The number of aromatic carboxylic acids is 1. The lowest BCUT2D eigenvalue weighted by Gasteiger charge is -2.11. The van der Waals surface area contributed by atoms with Gasteiger partial charge in [0.05, 0.1) is 23.4 Å². The minimum absolute atomic E-state index is 0.151. The number of carboxylic acids is 1. The number of aryl methyl sites for hydroxylation is 1. The van der Waals surface area contributed by atoms with Gasteiger partial charge in [0.15, 0.2) is 11.6 Å². The average Bonchev–Trinajstić information content (AvgIpc) is 2.74. The molecule has 0 radical (unpaired) electrons. The van der Waals surface area contributed by atoms with E-state index in [0.717, 1.165) is 17.7 Å². The van der Waals surface area contributed by atoms with Crippen molar-refractivity contribution in [2.75, 3.05) is 5.32 Å². The Hall–Kier alpha value is -4.14. The molecule has 3 aromatic rings. The largest absolute Gasteiger partial charge is 0.478 e. The lowest BCUT2D eigenvalue weighted by atomic mass is 10.1. The van der Waals surface area contributed by atoms with Crippen molar-refractivity contribution in [3.8, 4) is 0 Å². The summed E-state index contributed by atoms with van der Waals surface area (Å²) >= 11 is 0. The van der Waals surface area contributed by atoms with Gasteiger partial charge in [-0.2, -0.15) is 0 Å². The predicted octanol–water partition coefficient (Wildman–Crippen LogP) is 3.70. The number of carbonyl (C=O) groups is 2.